The van der Waals surface area contributed by atoms with Crippen LogP contribution in [0.25, 0.3) is 11.2 Å². The quantitative estimate of drug-likeness (QED) is 0.405. The fourth-order valence-corrected chi connectivity index (χ4v) is 3.64. The number of aromatic amines is 1. The number of methoxy groups -OCH3 is 2. The molecule has 8 nitrogen and oxygen atoms in total. The topological polar surface area (TPSA) is 98.0 Å². The number of nitrogens with zero attached hydrogens (tertiary/aromatic N) is 3. The van der Waals surface area contributed by atoms with E-state index in [4.69, 9.17) is 24.6 Å². The van der Waals surface area contributed by atoms with Crippen LogP contribution in [0, 0.1) is 12.3 Å². The summed E-state index contributed by atoms with van der Waals surface area (Å²) in [6.45, 7) is 5.73. The van der Waals surface area contributed by atoms with E-state index in [2.05, 4.69) is 48.1 Å². The summed E-state index contributed by atoms with van der Waals surface area (Å²) in [6, 6.07) is 14.1. The van der Waals surface area contributed by atoms with Gasteiger partial charge in [-0.25, -0.2) is 9.97 Å². The van der Waals surface area contributed by atoms with Crippen molar-refractivity contribution in [1.29, 1.82) is 5.41 Å². The summed E-state index contributed by atoms with van der Waals surface area (Å²) in [5.74, 6) is 2.16. The third kappa shape index (κ3) is 5.06. The molecular weight excluding hydrogens is 418 g/mol. The molecule has 1 atom stereocenters. The van der Waals surface area contributed by atoms with Crippen molar-refractivity contribution in [3.05, 3.63) is 76.8 Å². The Kier molecular flexibility index (Phi) is 6.74. The van der Waals surface area contributed by atoms with Crippen molar-refractivity contribution in [2.24, 2.45) is 0 Å². The number of imidazole rings is 1. The molecule has 0 saturated carbocycles. The molecule has 0 fully saturated rings. The Morgan fingerprint density at radius 1 is 1.03 bits per heavy atom. The first-order valence-corrected chi connectivity index (χ1v) is 10.8. The molecule has 8 heteroatoms. The molecule has 4 aromatic rings. The number of fused-ring (bicyclic) bond motifs is 1. The second kappa shape index (κ2) is 9.87. The molecule has 2 aromatic heterocycles. The summed E-state index contributed by atoms with van der Waals surface area (Å²) < 4.78 is 18.6. The molecule has 1 unspecified atom stereocenters. The second-order valence-corrected chi connectivity index (χ2v) is 8.13. The Balaban J connectivity index is 1.52. The van der Waals surface area contributed by atoms with Gasteiger partial charge >= 0.3 is 0 Å². The average molecular weight is 448 g/mol. The van der Waals surface area contributed by atoms with Crippen LogP contribution in [0.15, 0.2) is 48.8 Å². The van der Waals surface area contributed by atoms with E-state index >= 15 is 0 Å². The minimum atomic E-state index is 0.0387. The zero-order chi connectivity index (χ0) is 23.4. The highest BCUT2D eigenvalue weighted by molar-refractivity contribution is 5.69. The van der Waals surface area contributed by atoms with Gasteiger partial charge in [0.15, 0.2) is 22.6 Å². The van der Waals surface area contributed by atoms with Crippen molar-refractivity contribution in [3.8, 4) is 11.5 Å². The highest BCUT2D eigenvalue weighted by Gasteiger charge is 2.15. The smallest absolute Gasteiger partial charge is 0.173 e. The van der Waals surface area contributed by atoms with Gasteiger partial charge in [-0.1, -0.05) is 42.8 Å². The minimum absolute atomic E-state index is 0.0387. The Morgan fingerprint density at radius 3 is 2.48 bits per heavy atom. The maximum absolute atomic E-state index is 8.22. The van der Waals surface area contributed by atoms with Crippen molar-refractivity contribution in [3.63, 3.8) is 0 Å². The molecule has 0 amide bonds. The molecule has 0 saturated heterocycles. The lowest BCUT2D eigenvalue weighted by Gasteiger charge is -2.11. The van der Waals surface area contributed by atoms with Gasteiger partial charge in [0.25, 0.3) is 0 Å². The van der Waals surface area contributed by atoms with Crippen LogP contribution < -0.4 is 15.0 Å². The SMILES string of the molecule is COc1ccc(Cn2cnc(=N)c3[nH]c(C(C)COCc4ccc(C)cc4)nc32)cc1OC. The first-order chi connectivity index (χ1) is 16.0. The van der Waals surface area contributed by atoms with Gasteiger partial charge in [-0.05, 0) is 30.2 Å². The molecule has 0 bridgehead atoms. The number of ether oxygens (including phenoxy) is 3. The summed E-state index contributed by atoms with van der Waals surface area (Å²) in [5, 5.41) is 8.22. The highest BCUT2D eigenvalue weighted by atomic mass is 16.5. The van der Waals surface area contributed by atoms with Crippen molar-refractivity contribution < 1.29 is 14.2 Å². The van der Waals surface area contributed by atoms with E-state index in [0.29, 0.717) is 42.4 Å². The zero-order valence-corrected chi connectivity index (χ0v) is 19.4. The molecule has 33 heavy (non-hydrogen) atoms. The van der Waals surface area contributed by atoms with Crippen LogP contribution in [0.4, 0.5) is 0 Å². The van der Waals surface area contributed by atoms with Crippen LogP contribution in [0.3, 0.4) is 0 Å². The zero-order valence-electron chi connectivity index (χ0n) is 19.4. The van der Waals surface area contributed by atoms with E-state index in [1.54, 1.807) is 20.5 Å². The Labute approximate surface area is 192 Å². The lowest BCUT2D eigenvalue weighted by molar-refractivity contribution is 0.109. The third-order valence-electron chi connectivity index (χ3n) is 5.56. The largest absolute Gasteiger partial charge is 0.493 e. The normalized spacial score (nSPS) is 12.1. The minimum Gasteiger partial charge on any atom is -0.493 e. The number of aryl methyl sites for hydroxylation is 1. The van der Waals surface area contributed by atoms with E-state index in [0.717, 1.165) is 17.0 Å². The molecule has 2 aromatic carbocycles. The fraction of sp³-hybridized carbons (Fsp3) is 0.320. The molecule has 0 aliphatic carbocycles. The number of nitrogens with one attached hydrogen (secondary N) is 2. The summed E-state index contributed by atoms with van der Waals surface area (Å²) in [6.07, 6.45) is 1.64. The van der Waals surface area contributed by atoms with E-state index < -0.39 is 0 Å². The number of hydrogen-bond acceptors (Lipinski definition) is 6. The van der Waals surface area contributed by atoms with Gasteiger partial charge in [-0.15, -0.1) is 0 Å². The molecule has 2 heterocycles. The average Bonchev–Trinajstić information content (AvgIpc) is 3.29. The van der Waals surface area contributed by atoms with Crippen LogP contribution in [0.5, 0.6) is 11.5 Å². The van der Waals surface area contributed by atoms with Crippen molar-refractivity contribution in [2.45, 2.75) is 32.9 Å². The number of H-pyrrole nitrogens is 1. The maximum Gasteiger partial charge on any atom is 0.173 e. The first kappa shape index (κ1) is 22.5. The van der Waals surface area contributed by atoms with Crippen LogP contribution >= 0.6 is 0 Å². The molecular formula is C25H29N5O3. The van der Waals surface area contributed by atoms with Gasteiger partial charge < -0.3 is 23.8 Å². The van der Waals surface area contributed by atoms with Crippen molar-refractivity contribution in [2.75, 3.05) is 20.8 Å². The predicted octanol–water partition coefficient (Wildman–Crippen LogP) is 3.93. The first-order valence-electron chi connectivity index (χ1n) is 10.8. The Hall–Kier alpha value is -3.65. The summed E-state index contributed by atoms with van der Waals surface area (Å²) in [7, 11) is 3.23. The van der Waals surface area contributed by atoms with Gasteiger partial charge in [0.1, 0.15) is 11.3 Å². The van der Waals surface area contributed by atoms with E-state index in [1.807, 2.05) is 22.8 Å². The lowest BCUT2D eigenvalue weighted by atomic mass is 10.1. The van der Waals surface area contributed by atoms with Crippen LogP contribution in [0.2, 0.25) is 0 Å². The van der Waals surface area contributed by atoms with E-state index in [-0.39, 0.29) is 11.4 Å². The highest BCUT2D eigenvalue weighted by Crippen LogP contribution is 2.28. The standard InChI is InChI=1S/C25H29N5O3/c1-16-5-7-18(8-6-16)14-33-13-17(2)24-28-22-23(26)27-15-30(25(22)29-24)12-19-9-10-20(31-3)21(11-19)32-4/h5-11,15,17,26H,12-14H2,1-4H3,(H,28,29). The lowest BCUT2D eigenvalue weighted by Crippen LogP contribution is -2.13. The van der Waals surface area contributed by atoms with Gasteiger partial charge in [0.2, 0.25) is 0 Å². The second-order valence-electron chi connectivity index (χ2n) is 8.13. The van der Waals surface area contributed by atoms with Crippen molar-refractivity contribution >= 4 is 11.2 Å². The molecule has 2 N–H and O–H groups in total. The van der Waals surface area contributed by atoms with Gasteiger partial charge in [-0.2, -0.15) is 0 Å². The summed E-state index contributed by atoms with van der Waals surface area (Å²) >= 11 is 0. The molecule has 4 rings (SSSR count). The number of aromatic nitrogens is 4. The number of rotatable bonds is 9. The van der Waals surface area contributed by atoms with Crippen molar-refractivity contribution in [1.82, 2.24) is 19.5 Å². The fourth-order valence-electron chi connectivity index (χ4n) is 3.64. The monoisotopic (exact) mass is 447 g/mol. The molecule has 0 spiro atoms. The molecule has 0 radical (unpaired) electrons. The van der Waals surface area contributed by atoms with Gasteiger partial charge in [0, 0.05) is 5.92 Å². The molecule has 0 aliphatic heterocycles. The summed E-state index contributed by atoms with van der Waals surface area (Å²) in [5.41, 5.74) is 4.85. The molecule has 0 aliphatic rings. The molecule has 172 valence electrons. The Morgan fingerprint density at radius 2 is 1.76 bits per heavy atom. The van der Waals surface area contributed by atoms with Gasteiger partial charge in [-0.3, -0.25) is 5.41 Å². The predicted molar refractivity (Wildman–Crippen MR) is 126 cm³/mol. The maximum atomic E-state index is 8.22. The summed E-state index contributed by atoms with van der Waals surface area (Å²) in [4.78, 5) is 12.3. The van der Waals surface area contributed by atoms with E-state index in [1.165, 1.54) is 5.56 Å². The number of benzene rings is 2. The van der Waals surface area contributed by atoms with Crippen LogP contribution in [0.1, 0.15) is 35.4 Å². The number of hydrogen-bond donors (Lipinski definition) is 2. The van der Waals surface area contributed by atoms with Crippen LogP contribution in [-0.4, -0.2) is 40.3 Å². The third-order valence-corrected chi connectivity index (χ3v) is 5.56. The van der Waals surface area contributed by atoms with Gasteiger partial charge in [0.05, 0.1) is 40.3 Å². The van der Waals surface area contributed by atoms with Crippen LogP contribution in [-0.2, 0) is 17.9 Å². The Bertz CT molecular complexity index is 1290. The van der Waals surface area contributed by atoms with E-state index in [9.17, 15) is 0 Å².